The second-order valence-electron chi connectivity index (χ2n) is 13.1. The number of phenolic OH excluding ortho intramolecular Hbond substituents is 1. The van der Waals surface area contributed by atoms with Crippen LogP contribution in [0.5, 0.6) is 5.75 Å². The molecule has 3 aliphatic carbocycles. The molecular weight excluding hydrogens is 632 g/mol. The van der Waals surface area contributed by atoms with E-state index < -0.39 is 88.8 Å². The zero-order valence-electron chi connectivity index (χ0n) is 27.3. The molecular formula is C36H38N4O9. The van der Waals surface area contributed by atoms with E-state index in [0.717, 1.165) is 10.8 Å². The Morgan fingerprint density at radius 2 is 1.63 bits per heavy atom. The number of carbonyl (C=O) groups is 5. The Bertz CT molecular complexity index is 1930. The number of fused-ring (bicyclic) bond motifs is 4. The van der Waals surface area contributed by atoms with Gasteiger partial charge in [0.2, 0.25) is 5.91 Å². The first-order valence-electron chi connectivity index (χ1n) is 16.0. The molecule has 6 unspecified atom stereocenters. The summed E-state index contributed by atoms with van der Waals surface area (Å²) in [6.45, 7) is 3.31. The van der Waals surface area contributed by atoms with Gasteiger partial charge >= 0.3 is 12.0 Å². The number of rotatable bonds is 6. The van der Waals surface area contributed by atoms with E-state index in [4.69, 9.17) is 10.5 Å². The van der Waals surface area contributed by atoms with Crippen molar-refractivity contribution >= 4 is 57.4 Å². The Balaban J connectivity index is 1.43. The summed E-state index contributed by atoms with van der Waals surface area (Å²) in [6, 6.07) is 14.2. The number of carbonyl (C=O) groups excluding carboxylic acids is 5. The number of primary amides is 1. The molecule has 0 aromatic heterocycles. The number of benzene rings is 3. The van der Waals surface area contributed by atoms with Gasteiger partial charge < -0.3 is 41.3 Å². The molecule has 13 heteroatoms. The van der Waals surface area contributed by atoms with Crippen molar-refractivity contribution in [3.05, 3.63) is 71.3 Å². The largest absolute Gasteiger partial charge is 0.507 e. The van der Waals surface area contributed by atoms with Crippen molar-refractivity contribution in [3.63, 3.8) is 0 Å². The first-order chi connectivity index (χ1) is 23.3. The van der Waals surface area contributed by atoms with E-state index in [1.54, 1.807) is 51.0 Å². The van der Waals surface area contributed by atoms with Crippen LogP contribution in [-0.2, 0) is 23.9 Å². The number of anilines is 2. The average Bonchev–Trinajstić information content (AvgIpc) is 3.05. The van der Waals surface area contributed by atoms with Crippen LogP contribution in [-0.4, -0.2) is 82.0 Å². The highest BCUT2D eigenvalue weighted by atomic mass is 16.5. The van der Waals surface area contributed by atoms with Crippen LogP contribution in [0.3, 0.4) is 0 Å². The van der Waals surface area contributed by atoms with Gasteiger partial charge in [0, 0.05) is 35.3 Å². The standard InChI is InChI=1S/C36H38N4O9/c1-5-21(41)49-34-22-15(2)17-13-14-20(39-36(48)38-19-12-8-10-16-9-6-7-11-18(16)19)29(42)23(17)30(43)25(22)31(44)26-24(34)28(40(3)4)33(46)27(32(26)45)35(37)47/h6-15,22,24,26-28,33-34,42-43,46H,5H2,1-4H3,(H2,37,47)(H2,38,39,48)/t15-,22?,24?,26?,27?,28?,33?,34-/m0/s1. The highest BCUT2D eigenvalue weighted by Gasteiger charge is 2.64. The smallest absolute Gasteiger partial charge is 0.323 e. The van der Waals surface area contributed by atoms with Crippen molar-refractivity contribution in [2.45, 2.75) is 44.4 Å². The highest BCUT2D eigenvalue weighted by molar-refractivity contribution is 6.20. The summed E-state index contributed by atoms with van der Waals surface area (Å²) < 4.78 is 5.96. The van der Waals surface area contributed by atoms with E-state index in [-0.39, 0.29) is 23.2 Å². The highest BCUT2D eigenvalue weighted by Crippen LogP contribution is 2.56. The number of nitrogens with zero attached hydrogens (tertiary/aromatic N) is 1. The number of aliphatic hydroxyl groups is 2. The monoisotopic (exact) mass is 670 g/mol. The second kappa shape index (κ2) is 12.6. The average molecular weight is 671 g/mol. The lowest BCUT2D eigenvalue weighted by Crippen LogP contribution is -2.68. The summed E-state index contributed by atoms with van der Waals surface area (Å²) in [5.41, 5.74) is 6.01. The van der Waals surface area contributed by atoms with Crippen LogP contribution < -0.4 is 16.4 Å². The minimum Gasteiger partial charge on any atom is -0.507 e. The molecule has 49 heavy (non-hydrogen) atoms. The van der Waals surface area contributed by atoms with Crippen molar-refractivity contribution in [2.75, 3.05) is 24.7 Å². The van der Waals surface area contributed by atoms with Crippen LogP contribution in [0.2, 0.25) is 0 Å². The zero-order chi connectivity index (χ0) is 35.5. The predicted molar refractivity (Wildman–Crippen MR) is 179 cm³/mol. The molecule has 2 fully saturated rings. The second-order valence-corrected chi connectivity index (χ2v) is 13.1. The number of esters is 1. The summed E-state index contributed by atoms with van der Waals surface area (Å²) in [5.74, 6) is -10.8. The Hall–Kier alpha value is -5.27. The van der Waals surface area contributed by atoms with Gasteiger partial charge in [-0.15, -0.1) is 0 Å². The maximum absolute atomic E-state index is 14.4. The van der Waals surface area contributed by atoms with Gasteiger partial charge in [-0.25, -0.2) is 4.79 Å². The third-order valence-corrected chi connectivity index (χ3v) is 10.2. The summed E-state index contributed by atoms with van der Waals surface area (Å²) in [5, 5.41) is 41.6. The topological polar surface area (TPSA) is 209 Å². The van der Waals surface area contributed by atoms with Gasteiger partial charge in [-0.1, -0.05) is 56.3 Å². The van der Waals surface area contributed by atoms with E-state index in [2.05, 4.69) is 10.6 Å². The van der Waals surface area contributed by atoms with Gasteiger partial charge in [0.05, 0.1) is 29.0 Å². The van der Waals surface area contributed by atoms with Crippen LogP contribution in [0.4, 0.5) is 16.2 Å². The fraction of sp³-hybridized carbons (Fsp3) is 0.361. The number of ether oxygens (including phenoxy) is 1. The molecule has 13 nitrogen and oxygen atoms in total. The molecule has 6 rings (SSSR count). The molecule has 3 aliphatic rings. The number of likely N-dealkylation sites (N-methyl/N-ethyl adjacent to an activating group) is 1. The van der Waals surface area contributed by atoms with E-state index >= 15 is 0 Å². The minimum atomic E-state index is -1.72. The Morgan fingerprint density at radius 1 is 0.959 bits per heavy atom. The molecule has 0 radical (unpaired) electrons. The lowest BCUT2D eigenvalue weighted by Gasteiger charge is -2.54. The molecule has 3 amide bonds. The molecule has 0 spiro atoms. The number of nitrogens with one attached hydrogen (secondary N) is 2. The lowest BCUT2D eigenvalue weighted by atomic mass is 9.54. The number of amides is 3. The van der Waals surface area contributed by atoms with Gasteiger partial charge in [0.1, 0.15) is 23.5 Å². The number of phenols is 1. The van der Waals surface area contributed by atoms with Crippen LogP contribution in [0, 0.1) is 23.7 Å². The maximum atomic E-state index is 14.4. The first-order valence-corrected chi connectivity index (χ1v) is 16.0. The molecule has 0 saturated heterocycles. The quantitative estimate of drug-likeness (QED) is 0.128. The van der Waals surface area contributed by atoms with E-state index in [1.807, 2.05) is 30.3 Å². The molecule has 3 aromatic carbocycles. The fourth-order valence-corrected chi connectivity index (χ4v) is 8.03. The molecule has 0 aliphatic heterocycles. The van der Waals surface area contributed by atoms with E-state index in [9.17, 15) is 39.3 Å². The van der Waals surface area contributed by atoms with E-state index in [1.165, 1.54) is 6.07 Å². The Labute approximate surface area is 281 Å². The van der Waals surface area contributed by atoms with Crippen LogP contribution in [0.15, 0.2) is 60.2 Å². The molecule has 8 atom stereocenters. The molecule has 7 N–H and O–H groups in total. The van der Waals surface area contributed by atoms with Crippen LogP contribution >= 0.6 is 0 Å². The third kappa shape index (κ3) is 5.39. The van der Waals surface area contributed by atoms with Gasteiger partial charge in [0.15, 0.2) is 11.6 Å². The van der Waals surface area contributed by atoms with Gasteiger partial charge in [-0.2, -0.15) is 0 Å². The summed E-state index contributed by atoms with van der Waals surface area (Å²) in [7, 11) is 3.21. The Morgan fingerprint density at radius 3 is 2.31 bits per heavy atom. The molecule has 0 heterocycles. The Kier molecular flexibility index (Phi) is 8.67. The summed E-state index contributed by atoms with van der Waals surface area (Å²) >= 11 is 0. The molecule has 2 saturated carbocycles. The van der Waals surface area contributed by atoms with Gasteiger partial charge in [-0.05, 0) is 43.1 Å². The van der Waals surface area contributed by atoms with Crippen molar-refractivity contribution in [2.24, 2.45) is 29.4 Å². The van der Waals surface area contributed by atoms with Crippen LogP contribution in [0.1, 0.15) is 37.3 Å². The lowest BCUT2D eigenvalue weighted by molar-refractivity contribution is -0.179. The fourth-order valence-electron chi connectivity index (χ4n) is 8.03. The number of aliphatic hydroxyl groups excluding tert-OH is 2. The number of aromatic hydroxyl groups is 1. The van der Waals surface area contributed by atoms with Gasteiger partial charge in [-0.3, -0.25) is 19.2 Å². The molecule has 256 valence electrons. The number of hydrogen-bond donors (Lipinski definition) is 6. The maximum Gasteiger partial charge on any atom is 0.323 e. The van der Waals surface area contributed by atoms with Crippen molar-refractivity contribution in [3.8, 4) is 5.75 Å². The van der Waals surface area contributed by atoms with Gasteiger partial charge in [0.25, 0.3) is 0 Å². The molecule has 0 bridgehead atoms. The zero-order valence-corrected chi connectivity index (χ0v) is 27.3. The third-order valence-electron chi connectivity index (χ3n) is 10.2. The summed E-state index contributed by atoms with van der Waals surface area (Å²) in [6.07, 6.45) is -2.82. The van der Waals surface area contributed by atoms with Crippen molar-refractivity contribution < 1.29 is 44.0 Å². The van der Waals surface area contributed by atoms with Crippen molar-refractivity contribution in [1.82, 2.24) is 4.90 Å². The summed E-state index contributed by atoms with van der Waals surface area (Å²) in [4.78, 5) is 68.2. The number of hydrogen-bond acceptors (Lipinski definition) is 10. The number of ketones is 2. The SMILES string of the molecule is CCC(=O)O[C@@H]1C2C(C(=O)C3=C(O)c4c(ccc(NC(=O)Nc5cccc6ccccc56)c4O)[C@H](C)C31)C(=O)C(C(N)=O)C(O)C2N(C)C. The first kappa shape index (κ1) is 33.6. The number of Topliss-reactive ketones (excluding diaryl/α,β-unsaturated/α-hetero) is 2. The number of nitrogens with two attached hydrogens (primary N) is 1. The van der Waals surface area contributed by atoms with Crippen LogP contribution in [0.25, 0.3) is 16.5 Å². The normalized spacial score (nSPS) is 27.6. The van der Waals surface area contributed by atoms with E-state index in [0.29, 0.717) is 11.3 Å². The predicted octanol–water partition coefficient (Wildman–Crippen LogP) is 3.30. The number of urea groups is 1. The minimum absolute atomic E-state index is 0.0335. The van der Waals surface area contributed by atoms with Crippen molar-refractivity contribution in [1.29, 1.82) is 0 Å². The molecule has 3 aromatic rings.